The van der Waals surface area contributed by atoms with E-state index in [1.54, 1.807) is 4.57 Å². The Hall–Kier alpha value is -4.55. The van der Waals surface area contributed by atoms with Gasteiger partial charge in [-0.25, -0.2) is 24.5 Å². The van der Waals surface area contributed by atoms with Crippen molar-refractivity contribution in [2.45, 2.75) is 37.6 Å². The summed E-state index contributed by atoms with van der Waals surface area (Å²) < 4.78 is 13.1. The summed E-state index contributed by atoms with van der Waals surface area (Å²) in [6.07, 6.45) is -0.231. The standard InChI is InChI=1S/C26H25N7O5/c34-21-20-18(13-37-26(36)32(20)12-17-9-5-2-6-10-17)38-24(21)33-15-30-19-22(28-14-29-23(19)33)31-25(35)27-11-16-7-3-1-4-8-16/h1-10,14-15,18,20-21,24,34H,11-13H2,(H2,27,28,29,31,35)/t18-,20+,21-,24-/m1/s1. The first-order valence-electron chi connectivity index (χ1n) is 12.2. The van der Waals surface area contributed by atoms with Crippen molar-refractivity contribution >= 4 is 29.1 Å². The molecule has 2 aromatic carbocycles. The fourth-order valence-electron chi connectivity index (χ4n) is 4.85. The lowest BCUT2D eigenvalue weighted by molar-refractivity contribution is -0.0665. The van der Waals surface area contributed by atoms with Gasteiger partial charge in [-0.15, -0.1) is 0 Å². The van der Waals surface area contributed by atoms with Gasteiger partial charge in [0, 0.05) is 13.1 Å². The van der Waals surface area contributed by atoms with E-state index in [0.717, 1.165) is 11.1 Å². The molecule has 2 aliphatic heterocycles. The van der Waals surface area contributed by atoms with Crippen molar-refractivity contribution < 1.29 is 24.2 Å². The highest BCUT2D eigenvalue weighted by Gasteiger charge is 2.52. The molecule has 0 spiro atoms. The summed E-state index contributed by atoms with van der Waals surface area (Å²) in [7, 11) is 0. The quantitative estimate of drug-likeness (QED) is 0.355. The SMILES string of the molecule is O=C(NCc1ccccc1)Nc1ncnc2c1ncn2[C@@H]1O[C@@H]2COC(=O)N(Cc3ccccc3)[C@@H]2[C@H]1O. The van der Waals surface area contributed by atoms with Crippen LogP contribution < -0.4 is 10.6 Å². The van der Waals surface area contributed by atoms with Gasteiger partial charge >= 0.3 is 12.1 Å². The molecule has 4 aromatic rings. The fraction of sp³-hybridized carbons (Fsp3) is 0.269. The molecule has 0 bridgehead atoms. The van der Waals surface area contributed by atoms with E-state index in [2.05, 4.69) is 25.6 Å². The predicted octanol–water partition coefficient (Wildman–Crippen LogP) is 2.43. The zero-order chi connectivity index (χ0) is 26.1. The molecule has 0 unspecified atom stereocenters. The zero-order valence-corrected chi connectivity index (χ0v) is 20.2. The maximum absolute atomic E-state index is 12.6. The van der Waals surface area contributed by atoms with E-state index in [0.29, 0.717) is 17.7 Å². The van der Waals surface area contributed by atoms with Crippen molar-refractivity contribution in [2.75, 3.05) is 11.9 Å². The third-order valence-electron chi connectivity index (χ3n) is 6.66. The van der Waals surface area contributed by atoms with Crippen LogP contribution in [0, 0.1) is 0 Å². The average Bonchev–Trinajstić information content (AvgIpc) is 3.52. The van der Waals surface area contributed by atoms with Gasteiger partial charge in [-0.05, 0) is 11.1 Å². The Morgan fingerprint density at radius 1 is 1.03 bits per heavy atom. The van der Waals surface area contributed by atoms with Gasteiger partial charge in [0.1, 0.15) is 25.1 Å². The minimum Gasteiger partial charge on any atom is -0.447 e. The lowest BCUT2D eigenvalue weighted by Gasteiger charge is -2.36. The smallest absolute Gasteiger partial charge is 0.410 e. The van der Waals surface area contributed by atoms with Crippen LogP contribution >= 0.6 is 0 Å². The number of benzene rings is 2. The van der Waals surface area contributed by atoms with Crippen LogP contribution in [0.2, 0.25) is 0 Å². The van der Waals surface area contributed by atoms with E-state index in [1.807, 2.05) is 60.7 Å². The van der Waals surface area contributed by atoms with Crippen molar-refractivity contribution in [1.29, 1.82) is 0 Å². The number of carbonyl (C=O) groups excluding carboxylic acids is 2. The van der Waals surface area contributed by atoms with Gasteiger partial charge in [0.05, 0.1) is 12.4 Å². The molecule has 3 amide bonds. The number of rotatable bonds is 6. The minimum absolute atomic E-state index is 0.0261. The number of nitrogens with one attached hydrogen (secondary N) is 2. The van der Waals surface area contributed by atoms with Crippen LogP contribution in [-0.4, -0.2) is 66.5 Å². The normalized spacial score (nSPS) is 22.7. The highest BCUT2D eigenvalue weighted by Crippen LogP contribution is 2.37. The summed E-state index contributed by atoms with van der Waals surface area (Å²) in [5, 5.41) is 16.8. The number of nitrogens with zero attached hydrogens (tertiary/aromatic N) is 5. The Labute approximate surface area is 217 Å². The maximum atomic E-state index is 12.6. The number of hydrogen-bond acceptors (Lipinski definition) is 8. The molecule has 38 heavy (non-hydrogen) atoms. The molecule has 2 aromatic heterocycles. The molecule has 6 rings (SSSR count). The molecule has 12 nitrogen and oxygen atoms in total. The molecular weight excluding hydrogens is 490 g/mol. The van der Waals surface area contributed by atoms with Crippen LogP contribution in [0.5, 0.6) is 0 Å². The molecule has 0 aliphatic carbocycles. The highest BCUT2D eigenvalue weighted by molar-refractivity contribution is 5.95. The number of amides is 3. The second-order valence-corrected chi connectivity index (χ2v) is 9.08. The first kappa shape index (κ1) is 23.8. The average molecular weight is 516 g/mol. The minimum atomic E-state index is -1.07. The second-order valence-electron chi connectivity index (χ2n) is 9.08. The van der Waals surface area contributed by atoms with E-state index in [4.69, 9.17) is 9.47 Å². The zero-order valence-electron chi connectivity index (χ0n) is 20.2. The summed E-state index contributed by atoms with van der Waals surface area (Å²) in [4.78, 5) is 39.5. The highest BCUT2D eigenvalue weighted by atomic mass is 16.6. The van der Waals surface area contributed by atoms with Crippen LogP contribution in [0.3, 0.4) is 0 Å². The number of ether oxygens (including phenoxy) is 2. The van der Waals surface area contributed by atoms with Crippen LogP contribution in [0.15, 0.2) is 73.3 Å². The van der Waals surface area contributed by atoms with Gasteiger partial charge < -0.3 is 19.9 Å². The third kappa shape index (κ3) is 4.51. The van der Waals surface area contributed by atoms with Crippen LogP contribution in [0.4, 0.5) is 15.4 Å². The number of imidazole rings is 1. The fourth-order valence-corrected chi connectivity index (χ4v) is 4.85. The first-order chi connectivity index (χ1) is 18.6. The molecule has 2 aliphatic rings. The maximum Gasteiger partial charge on any atom is 0.410 e. The number of anilines is 1. The lowest BCUT2D eigenvalue weighted by Crippen LogP contribution is -2.55. The summed E-state index contributed by atoms with van der Waals surface area (Å²) in [6.45, 7) is 0.645. The van der Waals surface area contributed by atoms with Crippen molar-refractivity contribution in [2.24, 2.45) is 0 Å². The van der Waals surface area contributed by atoms with Crippen molar-refractivity contribution in [3.8, 4) is 0 Å². The van der Waals surface area contributed by atoms with Gasteiger partial charge in [-0.3, -0.25) is 14.8 Å². The van der Waals surface area contributed by atoms with E-state index >= 15 is 0 Å². The largest absolute Gasteiger partial charge is 0.447 e. The van der Waals surface area contributed by atoms with E-state index in [1.165, 1.54) is 17.6 Å². The molecule has 12 heteroatoms. The van der Waals surface area contributed by atoms with Crippen molar-refractivity contribution in [1.82, 2.24) is 29.7 Å². The van der Waals surface area contributed by atoms with Gasteiger partial charge in [0.15, 0.2) is 23.2 Å². The van der Waals surface area contributed by atoms with Gasteiger partial charge in [0.25, 0.3) is 0 Å². The Balaban J connectivity index is 1.21. The number of urea groups is 1. The number of aliphatic hydroxyl groups is 1. The summed E-state index contributed by atoms with van der Waals surface area (Å²) in [5.74, 6) is 0.216. The summed E-state index contributed by atoms with van der Waals surface area (Å²) in [5.41, 5.74) is 2.56. The van der Waals surface area contributed by atoms with Crippen LogP contribution in [0.25, 0.3) is 11.2 Å². The van der Waals surface area contributed by atoms with E-state index in [9.17, 15) is 14.7 Å². The van der Waals surface area contributed by atoms with Gasteiger partial charge in [-0.2, -0.15) is 0 Å². The topological polar surface area (TPSA) is 144 Å². The Morgan fingerprint density at radius 3 is 2.53 bits per heavy atom. The van der Waals surface area contributed by atoms with Gasteiger partial charge in [-0.1, -0.05) is 60.7 Å². The Kier molecular flexibility index (Phi) is 6.32. The van der Waals surface area contributed by atoms with Crippen molar-refractivity contribution in [3.05, 3.63) is 84.4 Å². The summed E-state index contributed by atoms with van der Waals surface area (Å²) in [6, 6.07) is 17.9. The molecule has 3 N–H and O–H groups in total. The number of fused-ring (bicyclic) bond motifs is 2. The molecule has 0 radical (unpaired) electrons. The van der Waals surface area contributed by atoms with Crippen LogP contribution in [0.1, 0.15) is 17.4 Å². The molecule has 2 fully saturated rings. The Bertz CT molecular complexity index is 1450. The molecule has 2 saturated heterocycles. The second kappa shape index (κ2) is 10.1. The number of aromatic nitrogens is 4. The number of aliphatic hydroxyl groups excluding tert-OH is 1. The number of cyclic esters (lactones) is 1. The lowest BCUT2D eigenvalue weighted by atomic mass is 10.0. The van der Waals surface area contributed by atoms with Crippen molar-refractivity contribution in [3.63, 3.8) is 0 Å². The monoisotopic (exact) mass is 515 g/mol. The molecule has 4 atom stereocenters. The van der Waals surface area contributed by atoms with E-state index in [-0.39, 0.29) is 19.0 Å². The molecule has 4 heterocycles. The third-order valence-corrected chi connectivity index (χ3v) is 6.66. The Morgan fingerprint density at radius 2 is 1.76 bits per heavy atom. The predicted molar refractivity (Wildman–Crippen MR) is 135 cm³/mol. The molecule has 0 saturated carbocycles. The van der Waals surface area contributed by atoms with Gasteiger partial charge in [0.2, 0.25) is 0 Å². The number of hydrogen-bond donors (Lipinski definition) is 3. The molecule has 194 valence electrons. The van der Waals surface area contributed by atoms with E-state index < -0.39 is 36.6 Å². The summed E-state index contributed by atoms with van der Waals surface area (Å²) >= 11 is 0. The molecular formula is C26H25N7O5. The number of carbonyl (C=O) groups is 2. The van der Waals surface area contributed by atoms with Crippen LogP contribution in [-0.2, 0) is 22.6 Å². The first-order valence-corrected chi connectivity index (χ1v) is 12.2.